The van der Waals surface area contributed by atoms with Crippen LogP contribution in [0.3, 0.4) is 0 Å². The standard InChI is InChI=1S/C26H23ClF4N4O4S/c1-12(2)39-19-11-15(28)5-7-17(19)34-22(37)25(8-9-25)23(38)35-24-32-13(3)20(40-24)21(36)33-18-10-14(26(29,30)31)4-6-16(18)27/h4-7,10-12H,8-9H2,1-3H3,(H,33,36)(H,34,37)(H,32,35,38). The van der Waals surface area contributed by atoms with Gasteiger partial charge in [-0.3, -0.25) is 14.4 Å². The maximum atomic E-state index is 13.7. The molecule has 0 atom stereocenters. The molecule has 0 aliphatic heterocycles. The van der Waals surface area contributed by atoms with Gasteiger partial charge in [-0.15, -0.1) is 0 Å². The van der Waals surface area contributed by atoms with Crippen molar-refractivity contribution in [3.05, 3.63) is 63.4 Å². The molecule has 1 heterocycles. The highest BCUT2D eigenvalue weighted by atomic mass is 35.5. The largest absolute Gasteiger partial charge is 0.489 e. The van der Waals surface area contributed by atoms with E-state index in [1.54, 1.807) is 13.8 Å². The third kappa shape index (κ3) is 6.36. The number of hydrogen-bond acceptors (Lipinski definition) is 6. The predicted molar refractivity (Wildman–Crippen MR) is 142 cm³/mol. The number of carbonyl (C=O) groups is 3. The van der Waals surface area contributed by atoms with Crippen molar-refractivity contribution in [2.75, 3.05) is 16.0 Å². The van der Waals surface area contributed by atoms with Crippen LogP contribution in [0, 0.1) is 18.2 Å². The van der Waals surface area contributed by atoms with Gasteiger partial charge in [-0.1, -0.05) is 22.9 Å². The average molecular weight is 599 g/mol. The van der Waals surface area contributed by atoms with Crippen molar-refractivity contribution in [3.8, 4) is 5.75 Å². The molecular weight excluding hydrogens is 576 g/mol. The van der Waals surface area contributed by atoms with Gasteiger partial charge >= 0.3 is 6.18 Å². The molecule has 0 bridgehead atoms. The molecule has 3 amide bonds. The van der Waals surface area contributed by atoms with Crippen molar-refractivity contribution in [1.82, 2.24) is 4.98 Å². The first-order valence-corrected chi connectivity index (χ1v) is 13.1. The van der Waals surface area contributed by atoms with Crippen LogP contribution < -0.4 is 20.7 Å². The molecule has 212 valence electrons. The summed E-state index contributed by atoms with van der Waals surface area (Å²) in [5.41, 5.74) is -2.22. The Hall–Kier alpha value is -3.71. The highest BCUT2D eigenvalue weighted by Gasteiger charge is 2.57. The fourth-order valence-corrected chi connectivity index (χ4v) is 4.75. The summed E-state index contributed by atoms with van der Waals surface area (Å²) in [6.45, 7) is 4.97. The molecule has 3 aromatic rings. The number of rotatable bonds is 8. The quantitative estimate of drug-likeness (QED) is 0.198. The Bertz CT molecular complexity index is 1490. The van der Waals surface area contributed by atoms with Crippen LogP contribution in [0.2, 0.25) is 5.02 Å². The van der Waals surface area contributed by atoms with Crippen molar-refractivity contribution < 1.29 is 36.7 Å². The van der Waals surface area contributed by atoms with Gasteiger partial charge < -0.3 is 20.7 Å². The molecular formula is C26H23ClF4N4O4S. The average Bonchev–Trinajstić information content (AvgIpc) is 3.59. The molecule has 4 rings (SSSR count). The van der Waals surface area contributed by atoms with E-state index in [-0.39, 0.29) is 56.8 Å². The second-order valence-corrected chi connectivity index (χ2v) is 10.8. The summed E-state index contributed by atoms with van der Waals surface area (Å²) in [6.07, 6.45) is -4.43. The van der Waals surface area contributed by atoms with Gasteiger partial charge in [0.1, 0.15) is 21.9 Å². The van der Waals surface area contributed by atoms with Crippen LogP contribution in [0.5, 0.6) is 5.75 Å². The maximum Gasteiger partial charge on any atom is 0.416 e. The number of anilines is 3. The third-order valence-corrected chi connectivity index (χ3v) is 7.34. The van der Waals surface area contributed by atoms with Crippen molar-refractivity contribution in [3.63, 3.8) is 0 Å². The van der Waals surface area contributed by atoms with Gasteiger partial charge in [0, 0.05) is 6.07 Å². The van der Waals surface area contributed by atoms with Crippen LogP contribution in [0.25, 0.3) is 0 Å². The highest BCUT2D eigenvalue weighted by Crippen LogP contribution is 2.48. The molecule has 1 aliphatic carbocycles. The van der Waals surface area contributed by atoms with E-state index in [1.807, 2.05) is 0 Å². The van der Waals surface area contributed by atoms with E-state index >= 15 is 0 Å². The lowest BCUT2D eigenvalue weighted by Crippen LogP contribution is -2.35. The highest BCUT2D eigenvalue weighted by molar-refractivity contribution is 7.17. The Morgan fingerprint density at radius 1 is 1.02 bits per heavy atom. The number of nitrogens with one attached hydrogen (secondary N) is 3. The number of amides is 3. The van der Waals surface area contributed by atoms with Gasteiger partial charge in [0.05, 0.1) is 33.8 Å². The number of thiazole rings is 1. The molecule has 1 aliphatic rings. The van der Waals surface area contributed by atoms with Gasteiger partial charge in [0.25, 0.3) is 5.91 Å². The summed E-state index contributed by atoms with van der Waals surface area (Å²) in [4.78, 5) is 43.1. The number of aromatic nitrogens is 1. The predicted octanol–water partition coefficient (Wildman–Crippen LogP) is 6.66. The molecule has 40 heavy (non-hydrogen) atoms. The van der Waals surface area contributed by atoms with E-state index in [0.717, 1.165) is 35.6 Å². The van der Waals surface area contributed by atoms with Gasteiger partial charge in [-0.05, 0) is 63.9 Å². The van der Waals surface area contributed by atoms with Gasteiger partial charge in [-0.2, -0.15) is 13.2 Å². The lowest BCUT2D eigenvalue weighted by atomic mass is 10.1. The van der Waals surface area contributed by atoms with Crippen LogP contribution in [-0.2, 0) is 15.8 Å². The van der Waals surface area contributed by atoms with E-state index in [9.17, 15) is 31.9 Å². The molecule has 0 radical (unpaired) electrons. The van der Waals surface area contributed by atoms with Crippen molar-refractivity contribution in [1.29, 1.82) is 0 Å². The van der Waals surface area contributed by atoms with E-state index in [0.29, 0.717) is 6.07 Å². The third-order valence-electron chi connectivity index (χ3n) is 5.94. The Labute approximate surface area is 235 Å². The van der Waals surface area contributed by atoms with Gasteiger partial charge in [-0.25, -0.2) is 9.37 Å². The van der Waals surface area contributed by atoms with Crippen LogP contribution in [-0.4, -0.2) is 28.8 Å². The molecule has 0 saturated heterocycles. The number of hydrogen-bond donors (Lipinski definition) is 3. The molecule has 0 unspecified atom stereocenters. The minimum Gasteiger partial charge on any atom is -0.489 e. The number of ether oxygens (including phenoxy) is 1. The summed E-state index contributed by atoms with van der Waals surface area (Å²) in [5.74, 6) is -2.48. The molecule has 0 spiro atoms. The van der Waals surface area contributed by atoms with Gasteiger partial charge in [0.2, 0.25) is 11.8 Å². The zero-order valence-corrected chi connectivity index (χ0v) is 22.9. The monoisotopic (exact) mass is 598 g/mol. The summed E-state index contributed by atoms with van der Waals surface area (Å²) in [6, 6.07) is 6.15. The summed E-state index contributed by atoms with van der Waals surface area (Å²) >= 11 is 6.75. The SMILES string of the molecule is Cc1nc(NC(=O)C2(C(=O)Nc3ccc(F)cc3OC(C)C)CC2)sc1C(=O)Nc1cc(C(F)(F)F)ccc1Cl. The minimum atomic E-state index is -4.63. The first-order valence-electron chi connectivity index (χ1n) is 11.9. The molecule has 1 saturated carbocycles. The minimum absolute atomic E-state index is 0.0208. The molecule has 1 aromatic heterocycles. The molecule has 8 nitrogen and oxygen atoms in total. The Balaban J connectivity index is 1.46. The maximum absolute atomic E-state index is 13.7. The van der Waals surface area contributed by atoms with Crippen LogP contribution >= 0.6 is 22.9 Å². The van der Waals surface area contributed by atoms with E-state index in [2.05, 4.69) is 20.9 Å². The lowest BCUT2D eigenvalue weighted by Gasteiger charge is -2.18. The summed E-state index contributed by atoms with van der Waals surface area (Å²) in [7, 11) is 0. The second kappa shape index (κ2) is 11.0. The van der Waals surface area contributed by atoms with E-state index < -0.39 is 40.7 Å². The number of carbonyl (C=O) groups excluding carboxylic acids is 3. The Kier molecular flexibility index (Phi) is 8.08. The van der Waals surface area contributed by atoms with Gasteiger partial charge in [0.15, 0.2) is 5.13 Å². The lowest BCUT2D eigenvalue weighted by molar-refractivity contribution is -0.137. The first kappa shape index (κ1) is 29.3. The zero-order chi connectivity index (χ0) is 29.4. The van der Waals surface area contributed by atoms with E-state index in [1.165, 1.54) is 13.0 Å². The van der Waals surface area contributed by atoms with Crippen molar-refractivity contribution >= 4 is 57.2 Å². The fraction of sp³-hybridized carbons (Fsp3) is 0.308. The second-order valence-electron chi connectivity index (χ2n) is 9.38. The van der Waals surface area contributed by atoms with Crippen molar-refractivity contribution in [2.45, 2.75) is 45.9 Å². The number of aryl methyl sites for hydroxylation is 1. The Morgan fingerprint density at radius 2 is 1.70 bits per heavy atom. The number of nitrogens with zero attached hydrogens (tertiary/aromatic N) is 1. The fourth-order valence-electron chi connectivity index (χ4n) is 3.73. The normalized spacial score (nSPS) is 14.0. The summed E-state index contributed by atoms with van der Waals surface area (Å²) in [5, 5.41) is 7.45. The Morgan fingerprint density at radius 3 is 2.33 bits per heavy atom. The van der Waals surface area contributed by atoms with Crippen molar-refractivity contribution in [2.24, 2.45) is 5.41 Å². The van der Waals surface area contributed by atoms with Crippen LogP contribution in [0.15, 0.2) is 36.4 Å². The number of halogens is 5. The molecule has 3 N–H and O–H groups in total. The first-order chi connectivity index (χ1) is 18.7. The van der Waals surface area contributed by atoms with E-state index in [4.69, 9.17) is 16.3 Å². The molecule has 14 heteroatoms. The zero-order valence-electron chi connectivity index (χ0n) is 21.3. The van der Waals surface area contributed by atoms with Crippen LogP contribution in [0.4, 0.5) is 34.1 Å². The molecule has 1 fully saturated rings. The topological polar surface area (TPSA) is 109 Å². The smallest absolute Gasteiger partial charge is 0.416 e. The molecule has 2 aromatic carbocycles. The summed E-state index contributed by atoms with van der Waals surface area (Å²) < 4.78 is 58.5. The number of alkyl halides is 3. The number of benzene rings is 2. The van der Waals surface area contributed by atoms with Crippen LogP contribution in [0.1, 0.15) is 47.6 Å².